The molecule has 4 heteroatoms. The zero-order chi connectivity index (χ0) is 14.1. The van der Waals surface area contributed by atoms with Crippen LogP contribution in [0.1, 0.15) is 51.1 Å². The van der Waals surface area contributed by atoms with Gasteiger partial charge in [0.2, 0.25) is 0 Å². The number of carbonyl (C=O) groups is 1. The van der Waals surface area contributed by atoms with Crippen LogP contribution < -0.4 is 5.32 Å². The fourth-order valence-corrected chi connectivity index (χ4v) is 2.06. The Kier molecular flexibility index (Phi) is 7.26. The van der Waals surface area contributed by atoms with Crippen molar-refractivity contribution in [2.75, 3.05) is 13.7 Å². The van der Waals surface area contributed by atoms with Gasteiger partial charge in [-0.15, -0.1) is 0 Å². The fourth-order valence-electron chi connectivity index (χ4n) is 2.06. The van der Waals surface area contributed by atoms with Crippen molar-refractivity contribution in [2.24, 2.45) is 0 Å². The van der Waals surface area contributed by atoms with Gasteiger partial charge in [-0.05, 0) is 31.5 Å². The van der Waals surface area contributed by atoms with Crippen LogP contribution in [0.3, 0.4) is 0 Å². The molecule has 0 fully saturated rings. The van der Waals surface area contributed by atoms with E-state index in [1.165, 1.54) is 5.56 Å². The van der Waals surface area contributed by atoms with Crippen LogP contribution in [-0.4, -0.2) is 24.2 Å². The van der Waals surface area contributed by atoms with Crippen LogP contribution in [0.15, 0.2) is 18.5 Å². The molecule has 1 heterocycles. The number of hydrogen-bond donors (Lipinski definition) is 1. The second-order valence-corrected chi connectivity index (χ2v) is 4.82. The van der Waals surface area contributed by atoms with Crippen molar-refractivity contribution in [1.29, 1.82) is 0 Å². The summed E-state index contributed by atoms with van der Waals surface area (Å²) in [7, 11) is 1.97. The molecule has 1 unspecified atom stereocenters. The molecule has 0 amide bonds. The lowest BCUT2D eigenvalue weighted by Gasteiger charge is -2.13. The van der Waals surface area contributed by atoms with E-state index < -0.39 is 0 Å². The molecule has 4 nitrogen and oxygen atoms in total. The number of rotatable bonds is 9. The van der Waals surface area contributed by atoms with Gasteiger partial charge in [0.05, 0.1) is 6.61 Å². The number of nitrogens with zero attached hydrogens (tertiary/aromatic N) is 1. The van der Waals surface area contributed by atoms with Gasteiger partial charge in [-0.25, -0.2) is 0 Å². The zero-order valence-electron chi connectivity index (χ0n) is 12.3. The SMILES string of the molecule is CCCCOC(=O)Cn1ccc(C(CCC)NC)c1. The van der Waals surface area contributed by atoms with Gasteiger partial charge < -0.3 is 14.6 Å². The minimum Gasteiger partial charge on any atom is -0.464 e. The zero-order valence-corrected chi connectivity index (χ0v) is 12.3. The van der Waals surface area contributed by atoms with Gasteiger partial charge in [-0.1, -0.05) is 26.7 Å². The number of esters is 1. The summed E-state index contributed by atoms with van der Waals surface area (Å²) in [4.78, 5) is 11.6. The van der Waals surface area contributed by atoms with Crippen molar-refractivity contribution in [2.45, 2.75) is 52.1 Å². The summed E-state index contributed by atoms with van der Waals surface area (Å²) >= 11 is 0. The van der Waals surface area contributed by atoms with Gasteiger partial charge in [0, 0.05) is 18.4 Å². The first-order chi connectivity index (χ1) is 9.21. The van der Waals surface area contributed by atoms with Gasteiger partial charge >= 0.3 is 5.97 Å². The van der Waals surface area contributed by atoms with Gasteiger partial charge in [0.1, 0.15) is 6.54 Å². The number of aromatic nitrogens is 1. The molecule has 0 aromatic carbocycles. The maximum Gasteiger partial charge on any atom is 0.325 e. The smallest absolute Gasteiger partial charge is 0.325 e. The van der Waals surface area contributed by atoms with Gasteiger partial charge in [-0.3, -0.25) is 4.79 Å². The quantitative estimate of drug-likeness (QED) is 0.552. The molecule has 1 N–H and O–H groups in total. The van der Waals surface area contributed by atoms with Gasteiger partial charge in [0.25, 0.3) is 0 Å². The highest BCUT2D eigenvalue weighted by molar-refractivity contribution is 5.69. The molecule has 0 aliphatic carbocycles. The molecule has 0 spiro atoms. The minimum absolute atomic E-state index is 0.160. The molecular formula is C15H26N2O2. The second kappa shape index (κ2) is 8.75. The molecule has 0 aliphatic heterocycles. The fraction of sp³-hybridized carbons (Fsp3) is 0.667. The van der Waals surface area contributed by atoms with Crippen molar-refractivity contribution in [3.05, 3.63) is 24.0 Å². The molecule has 19 heavy (non-hydrogen) atoms. The summed E-state index contributed by atoms with van der Waals surface area (Å²) in [6, 6.07) is 2.43. The maximum atomic E-state index is 11.6. The normalized spacial score (nSPS) is 12.4. The van der Waals surface area contributed by atoms with Crippen molar-refractivity contribution >= 4 is 5.97 Å². The standard InChI is InChI=1S/C15H26N2O2/c1-4-6-10-19-15(18)12-17-9-8-13(11-17)14(16-3)7-5-2/h8-9,11,14,16H,4-7,10,12H2,1-3H3. The molecule has 108 valence electrons. The Morgan fingerprint density at radius 3 is 2.84 bits per heavy atom. The van der Waals surface area contributed by atoms with E-state index in [1.54, 1.807) is 0 Å². The van der Waals surface area contributed by atoms with Crippen molar-refractivity contribution in [1.82, 2.24) is 9.88 Å². The predicted octanol–water partition coefficient (Wildman–Crippen LogP) is 2.89. The van der Waals surface area contributed by atoms with E-state index in [1.807, 2.05) is 24.0 Å². The molecule has 1 atom stereocenters. The Labute approximate surface area is 116 Å². The average molecular weight is 266 g/mol. The summed E-state index contributed by atoms with van der Waals surface area (Å²) in [5.41, 5.74) is 1.23. The highest BCUT2D eigenvalue weighted by Gasteiger charge is 2.10. The van der Waals surface area contributed by atoms with E-state index in [9.17, 15) is 4.79 Å². The van der Waals surface area contributed by atoms with E-state index in [0.717, 1.165) is 25.7 Å². The van der Waals surface area contributed by atoms with E-state index in [0.29, 0.717) is 19.2 Å². The van der Waals surface area contributed by atoms with Crippen LogP contribution in [-0.2, 0) is 16.1 Å². The largest absolute Gasteiger partial charge is 0.464 e. The van der Waals surface area contributed by atoms with Crippen molar-refractivity contribution in [3.63, 3.8) is 0 Å². The topological polar surface area (TPSA) is 43.3 Å². The Morgan fingerprint density at radius 2 is 2.21 bits per heavy atom. The third-order valence-corrected chi connectivity index (χ3v) is 3.17. The lowest BCUT2D eigenvalue weighted by Crippen LogP contribution is -2.16. The number of hydrogen-bond acceptors (Lipinski definition) is 3. The Morgan fingerprint density at radius 1 is 1.42 bits per heavy atom. The number of carbonyl (C=O) groups excluding carboxylic acids is 1. The van der Waals surface area contributed by atoms with Crippen LogP contribution in [0, 0.1) is 0 Å². The van der Waals surface area contributed by atoms with Crippen LogP contribution in [0.2, 0.25) is 0 Å². The first-order valence-corrected chi connectivity index (χ1v) is 7.19. The van der Waals surface area contributed by atoms with Gasteiger partial charge in [0.15, 0.2) is 0 Å². The highest BCUT2D eigenvalue weighted by atomic mass is 16.5. The van der Waals surface area contributed by atoms with Crippen LogP contribution in [0.4, 0.5) is 0 Å². The second-order valence-electron chi connectivity index (χ2n) is 4.82. The first-order valence-electron chi connectivity index (χ1n) is 7.19. The first kappa shape index (κ1) is 15.8. The molecule has 1 aromatic heterocycles. The molecular weight excluding hydrogens is 240 g/mol. The summed E-state index contributed by atoms with van der Waals surface area (Å²) in [5.74, 6) is -0.160. The van der Waals surface area contributed by atoms with Crippen LogP contribution in [0.25, 0.3) is 0 Å². The third-order valence-electron chi connectivity index (χ3n) is 3.17. The van der Waals surface area contributed by atoms with E-state index in [-0.39, 0.29) is 5.97 Å². The summed E-state index contributed by atoms with van der Waals surface area (Å²) in [5, 5.41) is 3.30. The lowest BCUT2D eigenvalue weighted by atomic mass is 10.1. The van der Waals surface area contributed by atoms with E-state index >= 15 is 0 Å². The predicted molar refractivity (Wildman–Crippen MR) is 77.0 cm³/mol. The van der Waals surface area contributed by atoms with Crippen molar-refractivity contribution in [3.8, 4) is 0 Å². The summed E-state index contributed by atoms with van der Waals surface area (Å²) < 4.78 is 7.05. The van der Waals surface area contributed by atoms with E-state index in [2.05, 4.69) is 25.2 Å². The van der Waals surface area contributed by atoms with Crippen LogP contribution in [0.5, 0.6) is 0 Å². The lowest BCUT2D eigenvalue weighted by molar-refractivity contribution is -0.144. The molecule has 0 bridgehead atoms. The molecule has 0 saturated heterocycles. The Bertz CT molecular complexity index is 374. The molecule has 0 saturated carbocycles. The number of ether oxygens (including phenoxy) is 1. The molecule has 0 radical (unpaired) electrons. The van der Waals surface area contributed by atoms with Crippen LogP contribution >= 0.6 is 0 Å². The Hall–Kier alpha value is -1.29. The molecule has 1 aromatic rings. The third kappa shape index (κ3) is 5.47. The minimum atomic E-state index is -0.160. The van der Waals surface area contributed by atoms with Gasteiger partial charge in [-0.2, -0.15) is 0 Å². The monoisotopic (exact) mass is 266 g/mol. The van der Waals surface area contributed by atoms with Crippen molar-refractivity contribution < 1.29 is 9.53 Å². The number of nitrogens with one attached hydrogen (secondary N) is 1. The molecule has 1 rings (SSSR count). The number of unbranched alkanes of at least 4 members (excludes halogenated alkanes) is 1. The maximum absolute atomic E-state index is 11.6. The highest BCUT2D eigenvalue weighted by Crippen LogP contribution is 2.18. The summed E-state index contributed by atoms with van der Waals surface area (Å²) in [6.07, 6.45) is 8.17. The summed E-state index contributed by atoms with van der Waals surface area (Å²) in [6.45, 7) is 5.08. The average Bonchev–Trinajstić information content (AvgIpc) is 2.84. The van der Waals surface area contributed by atoms with E-state index in [4.69, 9.17) is 4.74 Å². The Balaban J connectivity index is 2.47. The molecule has 0 aliphatic rings.